The minimum atomic E-state index is -1.61. The maximum atomic E-state index is 13.5. The Morgan fingerprint density at radius 3 is 1.09 bits per heavy atom. The third-order valence-electron chi connectivity index (χ3n) is 18.5. The second kappa shape index (κ2) is 65.9. The number of rotatable bonds is 68. The first-order valence-electron chi connectivity index (χ1n) is 38.8. The summed E-state index contributed by atoms with van der Waals surface area (Å²) in [7, 11) is 0. The van der Waals surface area contributed by atoms with E-state index in [9.17, 15) is 35.1 Å². The maximum Gasteiger partial charge on any atom is 0.306 e. The Labute approximate surface area is 549 Å². The van der Waals surface area contributed by atoms with Crippen molar-refractivity contribution >= 4 is 11.9 Å². The summed E-state index contributed by atoms with van der Waals surface area (Å²) >= 11 is 0. The van der Waals surface area contributed by atoms with E-state index in [1.165, 1.54) is 283 Å². The number of carbonyl (C=O) groups excluding carboxylic acids is 2. The van der Waals surface area contributed by atoms with Crippen LogP contribution in [0.4, 0.5) is 0 Å². The molecule has 0 radical (unpaired) electrons. The lowest BCUT2D eigenvalue weighted by molar-refractivity contribution is -0.305. The Hall–Kier alpha value is -2.12. The van der Waals surface area contributed by atoms with E-state index in [1.807, 2.05) is 6.08 Å². The number of esters is 1. The van der Waals surface area contributed by atoms with E-state index in [-0.39, 0.29) is 13.0 Å². The molecular formula is C78H147NO10. The fourth-order valence-corrected chi connectivity index (χ4v) is 12.4. The highest BCUT2D eigenvalue weighted by Gasteiger charge is 2.47. The summed E-state index contributed by atoms with van der Waals surface area (Å²) in [6, 6.07) is -1.02. The molecule has 1 aliphatic heterocycles. The van der Waals surface area contributed by atoms with Crippen molar-refractivity contribution in [3.63, 3.8) is 0 Å². The molecule has 0 spiro atoms. The van der Waals surface area contributed by atoms with E-state index in [4.69, 9.17) is 14.2 Å². The Morgan fingerprint density at radius 1 is 0.427 bits per heavy atom. The highest BCUT2D eigenvalue weighted by Crippen LogP contribution is 2.27. The van der Waals surface area contributed by atoms with Crippen LogP contribution in [0.15, 0.2) is 36.5 Å². The number of ether oxygens (including phenoxy) is 3. The second-order valence-corrected chi connectivity index (χ2v) is 27.1. The molecule has 1 amide bonds. The van der Waals surface area contributed by atoms with Gasteiger partial charge in [0, 0.05) is 6.42 Å². The highest BCUT2D eigenvalue weighted by atomic mass is 16.7. The van der Waals surface area contributed by atoms with Crippen LogP contribution in [0.1, 0.15) is 387 Å². The summed E-state index contributed by atoms with van der Waals surface area (Å²) < 4.78 is 17.8. The van der Waals surface area contributed by atoms with Crippen LogP contribution < -0.4 is 5.32 Å². The standard InChI is InChI=1S/C78H147NO10/c1-4-7-10-13-16-19-22-25-27-29-31-33-35-37-38-40-42-44-47-50-53-56-59-62-65-71(82)77(86)79-69(70(81)64-61-58-55-52-49-46-24-21-18-15-12-9-6-3)68-87-78-76(75(85)74(84)72(67-80)88-78)89-73(83)66-63-60-57-54-51-48-45-43-41-39-36-34-32-30-28-26-23-20-17-14-11-8-5-2/h25-28,61,64,69-72,74-76,78,80-82,84-85H,4-24,29-60,62-63,65-68H2,1-3H3,(H,79,86)/b27-25+,28-26+,64-61+. The number of carbonyl (C=O) groups is 2. The topological polar surface area (TPSA) is 175 Å². The first kappa shape index (κ1) is 84.9. The van der Waals surface area contributed by atoms with Crippen LogP contribution in [0.2, 0.25) is 0 Å². The molecule has 1 aliphatic rings. The van der Waals surface area contributed by atoms with Crippen LogP contribution in [0, 0.1) is 0 Å². The van der Waals surface area contributed by atoms with E-state index >= 15 is 0 Å². The summed E-state index contributed by atoms with van der Waals surface area (Å²) in [5.74, 6) is -1.17. The van der Waals surface area contributed by atoms with Gasteiger partial charge in [0.25, 0.3) is 0 Å². The second-order valence-electron chi connectivity index (χ2n) is 27.1. The van der Waals surface area contributed by atoms with Gasteiger partial charge >= 0.3 is 5.97 Å². The van der Waals surface area contributed by atoms with Crippen LogP contribution in [0.5, 0.6) is 0 Å². The minimum absolute atomic E-state index is 0.128. The third-order valence-corrected chi connectivity index (χ3v) is 18.5. The minimum Gasteiger partial charge on any atom is -0.454 e. The summed E-state index contributed by atoms with van der Waals surface area (Å²) in [6.07, 6.45) is 71.9. The average Bonchev–Trinajstić information content (AvgIpc) is 3.11. The number of hydrogen-bond donors (Lipinski definition) is 6. The molecule has 1 fully saturated rings. The van der Waals surface area contributed by atoms with Gasteiger partial charge < -0.3 is 45.1 Å². The van der Waals surface area contributed by atoms with Gasteiger partial charge in [0.05, 0.1) is 25.4 Å². The van der Waals surface area contributed by atoms with Gasteiger partial charge in [-0.2, -0.15) is 0 Å². The van der Waals surface area contributed by atoms with E-state index in [1.54, 1.807) is 6.08 Å². The molecule has 8 unspecified atom stereocenters. The van der Waals surface area contributed by atoms with Gasteiger partial charge in [-0.25, -0.2) is 0 Å². The number of hydrogen-bond acceptors (Lipinski definition) is 10. The van der Waals surface area contributed by atoms with E-state index in [0.717, 1.165) is 57.8 Å². The van der Waals surface area contributed by atoms with Gasteiger partial charge in [-0.1, -0.05) is 340 Å². The van der Waals surface area contributed by atoms with Crippen molar-refractivity contribution in [2.45, 2.75) is 436 Å². The zero-order valence-corrected chi connectivity index (χ0v) is 58.6. The lowest BCUT2D eigenvalue weighted by Gasteiger charge is -2.41. The number of aliphatic hydroxyl groups is 5. The summed E-state index contributed by atoms with van der Waals surface area (Å²) in [5.41, 5.74) is 0. The number of nitrogens with one attached hydrogen (secondary N) is 1. The molecule has 0 aromatic heterocycles. The predicted octanol–water partition coefficient (Wildman–Crippen LogP) is 20.5. The molecule has 8 atom stereocenters. The van der Waals surface area contributed by atoms with Crippen LogP contribution in [0.3, 0.4) is 0 Å². The van der Waals surface area contributed by atoms with Crippen molar-refractivity contribution in [1.29, 1.82) is 0 Å². The van der Waals surface area contributed by atoms with Gasteiger partial charge in [-0.05, 0) is 77.0 Å². The molecular weight excluding hydrogens is 1110 g/mol. The largest absolute Gasteiger partial charge is 0.454 e. The molecule has 1 heterocycles. The van der Waals surface area contributed by atoms with Crippen molar-refractivity contribution in [3.05, 3.63) is 36.5 Å². The van der Waals surface area contributed by atoms with Crippen molar-refractivity contribution < 1.29 is 49.3 Å². The zero-order valence-electron chi connectivity index (χ0n) is 58.6. The predicted molar refractivity (Wildman–Crippen MR) is 375 cm³/mol. The van der Waals surface area contributed by atoms with E-state index < -0.39 is 67.4 Å². The van der Waals surface area contributed by atoms with E-state index in [2.05, 4.69) is 50.4 Å². The molecule has 89 heavy (non-hydrogen) atoms. The average molecular weight is 1260 g/mol. The van der Waals surface area contributed by atoms with Crippen molar-refractivity contribution in [3.8, 4) is 0 Å². The molecule has 6 N–H and O–H groups in total. The normalized spacial score (nSPS) is 18.2. The summed E-state index contributed by atoms with van der Waals surface area (Å²) in [4.78, 5) is 26.8. The Bertz CT molecular complexity index is 1590. The number of aliphatic hydroxyl groups excluding tert-OH is 5. The van der Waals surface area contributed by atoms with Crippen molar-refractivity contribution in [2.24, 2.45) is 0 Å². The van der Waals surface area contributed by atoms with Gasteiger partial charge in [0.1, 0.15) is 24.4 Å². The monoisotopic (exact) mass is 1260 g/mol. The fraction of sp³-hybridized carbons (Fsp3) is 0.897. The van der Waals surface area contributed by atoms with Gasteiger partial charge in [0.2, 0.25) is 5.91 Å². The zero-order chi connectivity index (χ0) is 64.6. The Morgan fingerprint density at radius 2 is 0.742 bits per heavy atom. The first-order chi connectivity index (χ1) is 43.7. The molecule has 1 rings (SSSR count). The molecule has 0 aromatic carbocycles. The summed E-state index contributed by atoms with van der Waals surface area (Å²) in [6.45, 7) is 5.85. The molecule has 0 aliphatic carbocycles. The lowest BCUT2D eigenvalue weighted by Crippen LogP contribution is -2.61. The Balaban J connectivity index is 2.53. The smallest absolute Gasteiger partial charge is 0.306 e. The molecule has 1 saturated heterocycles. The van der Waals surface area contributed by atoms with Crippen LogP contribution >= 0.6 is 0 Å². The first-order valence-corrected chi connectivity index (χ1v) is 38.8. The molecule has 11 nitrogen and oxygen atoms in total. The van der Waals surface area contributed by atoms with Crippen molar-refractivity contribution in [2.75, 3.05) is 13.2 Å². The van der Waals surface area contributed by atoms with E-state index in [0.29, 0.717) is 19.3 Å². The molecule has 0 bridgehead atoms. The van der Waals surface area contributed by atoms with Crippen LogP contribution in [0.25, 0.3) is 0 Å². The summed E-state index contributed by atoms with van der Waals surface area (Å²) in [5, 5.41) is 57.4. The molecule has 524 valence electrons. The SMILES string of the molecule is CCCCCCCC/C=C/CCCCCCCCCCCCCCCCC(O)C(=O)NC(COC1OC(CO)C(O)C(O)C1OC(=O)CCCCCCCCCCCCCCC/C=C/CCCCCCCC)C(O)/C=C/CCCCCCCCCCCCC. The number of unbranched alkanes of at least 4 members (excludes halogenated alkanes) is 50. The number of amides is 1. The quantitative estimate of drug-likeness (QED) is 0.0195. The fourth-order valence-electron chi connectivity index (χ4n) is 12.4. The van der Waals surface area contributed by atoms with Crippen LogP contribution in [-0.2, 0) is 23.8 Å². The van der Waals surface area contributed by atoms with Crippen LogP contribution in [-0.4, -0.2) is 99.6 Å². The Kier molecular flexibility index (Phi) is 62.9. The van der Waals surface area contributed by atoms with Crippen molar-refractivity contribution in [1.82, 2.24) is 5.32 Å². The lowest BCUT2D eigenvalue weighted by atomic mass is 9.99. The molecule has 0 aromatic rings. The maximum absolute atomic E-state index is 13.5. The molecule has 11 heteroatoms. The van der Waals surface area contributed by atoms with Gasteiger partial charge in [0.15, 0.2) is 12.4 Å². The molecule has 0 saturated carbocycles. The number of allylic oxidation sites excluding steroid dienone is 5. The third kappa shape index (κ3) is 52.9. The van der Waals surface area contributed by atoms with Gasteiger partial charge in [-0.15, -0.1) is 0 Å². The van der Waals surface area contributed by atoms with Gasteiger partial charge in [-0.3, -0.25) is 9.59 Å². The highest BCUT2D eigenvalue weighted by molar-refractivity contribution is 5.80.